The predicted molar refractivity (Wildman–Crippen MR) is 100 cm³/mol. The van der Waals surface area contributed by atoms with Crippen LogP contribution in [0.5, 0.6) is 0 Å². The fourth-order valence-electron chi connectivity index (χ4n) is 2.94. The van der Waals surface area contributed by atoms with Crippen molar-refractivity contribution in [2.75, 3.05) is 5.32 Å². The highest BCUT2D eigenvalue weighted by molar-refractivity contribution is 6.03. The Bertz CT molecular complexity index is 1220. The Kier molecular flexibility index (Phi) is 4.50. The second-order valence-electron chi connectivity index (χ2n) is 6.32. The summed E-state index contributed by atoms with van der Waals surface area (Å²) in [6.07, 6.45) is -1.64. The standard InChI is InChI=1S/C20H14F3N5O/c1-12-10-13(8-9-24-12)26-19(29)17-11-25-18-7-6-16(27-28(17)18)14-4-2-3-5-15(14)20(21,22)23/h2-11H,1H3,(H,24,26,29). The van der Waals surface area contributed by atoms with Crippen molar-refractivity contribution in [3.63, 3.8) is 0 Å². The minimum atomic E-state index is -4.53. The minimum absolute atomic E-state index is 0.0771. The van der Waals surface area contributed by atoms with Crippen LogP contribution >= 0.6 is 0 Å². The first-order valence-electron chi connectivity index (χ1n) is 8.58. The number of hydrogen-bond donors (Lipinski definition) is 1. The monoisotopic (exact) mass is 397 g/mol. The van der Waals surface area contributed by atoms with Gasteiger partial charge in [0.25, 0.3) is 5.91 Å². The first-order chi connectivity index (χ1) is 13.8. The van der Waals surface area contributed by atoms with Crippen LogP contribution in [-0.4, -0.2) is 25.5 Å². The molecule has 0 aliphatic carbocycles. The number of nitrogens with zero attached hydrogens (tertiary/aromatic N) is 4. The number of aryl methyl sites for hydroxylation is 1. The molecule has 4 aromatic rings. The van der Waals surface area contributed by atoms with E-state index >= 15 is 0 Å². The van der Waals surface area contributed by atoms with Gasteiger partial charge in [-0.15, -0.1) is 0 Å². The molecule has 9 heteroatoms. The van der Waals surface area contributed by atoms with E-state index < -0.39 is 17.6 Å². The van der Waals surface area contributed by atoms with Gasteiger partial charge in [0.1, 0.15) is 0 Å². The molecule has 6 nitrogen and oxygen atoms in total. The third-order valence-electron chi connectivity index (χ3n) is 4.26. The summed E-state index contributed by atoms with van der Waals surface area (Å²) in [4.78, 5) is 20.8. The van der Waals surface area contributed by atoms with Crippen molar-refractivity contribution < 1.29 is 18.0 Å². The fraction of sp³-hybridized carbons (Fsp3) is 0.100. The smallest absolute Gasteiger partial charge is 0.320 e. The topological polar surface area (TPSA) is 72.2 Å². The summed E-state index contributed by atoms with van der Waals surface area (Å²) in [6, 6.07) is 11.4. The lowest BCUT2D eigenvalue weighted by Crippen LogP contribution is -2.16. The van der Waals surface area contributed by atoms with E-state index in [2.05, 4.69) is 20.4 Å². The van der Waals surface area contributed by atoms with Gasteiger partial charge in [-0.25, -0.2) is 9.50 Å². The van der Waals surface area contributed by atoms with Crippen molar-refractivity contribution in [2.24, 2.45) is 0 Å². The van der Waals surface area contributed by atoms with Crippen LogP contribution < -0.4 is 5.32 Å². The Labute approximate surface area is 163 Å². The van der Waals surface area contributed by atoms with Gasteiger partial charge in [0.15, 0.2) is 11.3 Å². The number of aromatic nitrogens is 4. The first kappa shape index (κ1) is 18.6. The Balaban J connectivity index is 1.75. The van der Waals surface area contributed by atoms with Gasteiger partial charge in [-0.05, 0) is 37.3 Å². The molecule has 0 fully saturated rings. The van der Waals surface area contributed by atoms with Gasteiger partial charge in [0.2, 0.25) is 0 Å². The summed E-state index contributed by atoms with van der Waals surface area (Å²) < 4.78 is 41.3. The molecular weight excluding hydrogens is 383 g/mol. The number of amides is 1. The van der Waals surface area contributed by atoms with Crippen LogP contribution in [0.25, 0.3) is 16.9 Å². The molecule has 0 atom stereocenters. The molecule has 0 aliphatic rings. The van der Waals surface area contributed by atoms with E-state index in [1.165, 1.54) is 41.0 Å². The third-order valence-corrected chi connectivity index (χ3v) is 4.26. The predicted octanol–water partition coefficient (Wildman–Crippen LogP) is 4.37. The van der Waals surface area contributed by atoms with E-state index in [1.54, 1.807) is 25.3 Å². The van der Waals surface area contributed by atoms with Crippen LogP contribution in [0.2, 0.25) is 0 Å². The number of anilines is 1. The second-order valence-corrected chi connectivity index (χ2v) is 6.32. The third kappa shape index (κ3) is 3.66. The lowest BCUT2D eigenvalue weighted by atomic mass is 10.0. The summed E-state index contributed by atoms with van der Waals surface area (Å²) in [7, 11) is 0. The molecule has 4 rings (SSSR count). The average Bonchev–Trinajstić information content (AvgIpc) is 3.10. The Morgan fingerprint density at radius 3 is 2.62 bits per heavy atom. The van der Waals surface area contributed by atoms with Crippen LogP contribution in [0.1, 0.15) is 21.7 Å². The van der Waals surface area contributed by atoms with Gasteiger partial charge in [-0.3, -0.25) is 9.78 Å². The van der Waals surface area contributed by atoms with E-state index in [0.717, 1.165) is 11.8 Å². The lowest BCUT2D eigenvalue weighted by molar-refractivity contribution is -0.137. The molecule has 0 saturated carbocycles. The summed E-state index contributed by atoms with van der Waals surface area (Å²) in [5, 5.41) is 6.95. The molecule has 3 aromatic heterocycles. The van der Waals surface area contributed by atoms with E-state index in [9.17, 15) is 18.0 Å². The van der Waals surface area contributed by atoms with Gasteiger partial charge < -0.3 is 5.32 Å². The summed E-state index contributed by atoms with van der Waals surface area (Å²) in [5.74, 6) is -0.489. The number of pyridine rings is 1. The zero-order valence-corrected chi connectivity index (χ0v) is 15.1. The summed E-state index contributed by atoms with van der Waals surface area (Å²) >= 11 is 0. The zero-order valence-electron chi connectivity index (χ0n) is 15.1. The molecule has 29 heavy (non-hydrogen) atoms. The van der Waals surface area contributed by atoms with Gasteiger partial charge in [0, 0.05) is 23.1 Å². The highest BCUT2D eigenvalue weighted by Crippen LogP contribution is 2.36. The van der Waals surface area contributed by atoms with Gasteiger partial charge in [0.05, 0.1) is 17.5 Å². The molecular formula is C20H14F3N5O. The maximum atomic E-state index is 13.4. The number of halogens is 3. The number of hydrogen-bond acceptors (Lipinski definition) is 4. The largest absolute Gasteiger partial charge is 0.417 e. The van der Waals surface area contributed by atoms with E-state index in [4.69, 9.17) is 0 Å². The van der Waals surface area contributed by atoms with Crippen molar-refractivity contribution in [1.82, 2.24) is 19.6 Å². The molecule has 146 valence electrons. The van der Waals surface area contributed by atoms with Gasteiger partial charge >= 0.3 is 6.18 Å². The number of fused-ring (bicyclic) bond motifs is 1. The number of alkyl halides is 3. The molecule has 1 aromatic carbocycles. The molecule has 0 spiro atoms. The molecule has 0 bridgehead atoms. The van der Waals surface area contributed by atoms with E-state index in [-0.39, 0.29) is 17.0 Å². The van der Waals surface area contributed by atoms with Crippen LogP contribution in [0.3, 0.4) is 0 Å². The molecule has 1 amide bonds. The number of imidazole rings is 1. The summed E-state index contributed by atoms with van der Waals surface area (Å²) in [6.45, 7) is 1.79. The number of nitrogens with one attached hydrogen (secondary N) is 1. The molecule has 0 saturated heterocycles. The highest BCUT2D eigenvalue weighted by Gasteiger charge is 2.33. The quantitative estimate of drug-likeness (QED) is 0.557. The normalized spacial score (nSPS) is 11.6. The van der Waals surface area contributed by atoms with Crippen molar-refractivity contribution >= 4 is 17.2 Å². The number of benzene rings is 1. The van der Waals surface area contributed by atoms with E-state index in [0.29, 0.717) is 11.3 Å². The highest BCUT2D eigenvalue weighted by atomic mass is 19.4. The number of carbonyl (C=O) groups excluding carboxylic acids is 1. The van der Waals surface area contributed by atoms with Crippen molar-refractivity contribution in [3.05, 3.63) is 77.9 Å². The maximum absolute atomic E-state index is 13.4. The van der Waals surface area contributed by atoms with Crippen LogP contribution in [0, 0.1) is 6.92 Å². The minimum Gasteiger partial charge on any atom is -0.320 e. The average molecular weight is 397 g/mol. The van der Waals surface area contributed by atoms with Gasteiger partial charge in [-0.2, -0.15) is 18.3 Å². The van der Waals surface area contributed by atoms with Crippen molar-refractivity contribution in [2.45, 2.75) is 13.1 Å². The van der Waals surface area contributed by atoms with Crippen LogP contribution in [-0.2, 0) is 6.18 Å². The molecule has 0 aliphatic heterocycles. The number of rotatable bonds is 3. The van der Waals surface area contributed by atoms with Crippen molar-refractivity contribution in [1.29, 1.82) is 0 Å². The fourth-order valence-corrected chi connectivity index (χ4v) is 2.94. The Morgan fingerprint density at radius 2 is 1.86 bits per heavy atom. The Morgan fingerprint density at radius 1 is 1.07 bits per heavy atom. The molecule has 0 radical (unpaired) electrons. The second kappa shape index (κ2) is 7.01. The lowest BCUT2D eigenvalue weighted by Gasteiger charge is -2.12. The van der Waals surface area contributed by atoms with Crippen LogP contribution in [0.4, 0.5) is 18.9 Å². The van der Waals surface area contributed by atoms with Crippen molar-refractivity contribution in [3.8, 4) is 11.3 Å². The van der Waals surface area contributed by atoms with Crippen LogP contribution in [0.15, 0.2) is 60.9 Å². The van der Waals surface area contributed by atoms with Gasteiger partial charge in [-0.1, -0.05) is 18.2 Å². The summed E-state index contributed by atoms with van der Waals surface area (Å²) in [5.41, 5.74) is 0.908. The molecule has 1 N–H and O–H groups in total. The number of carbonyl (C=O) groups is 1. The molecule has 3 heterocycles. The van der Waals surface area contributed by atoms with E-state index in [1.807, 2.05) is 0 Å². The zero-order chi connectivity index (χ0) is 20.6. The first-order valence-corrected chi connectivity index (χ1v) is 8.58. The molecule has 0 unspecified atom stereocenters. The maximum Gasteiger partial charge on any atom is 0.417 e. The Hall–Kier alpha value is -3.75. The SMILES string of the molecule is Cc1cc(NC(=O)c2cnc3ccc(-c4ccccc4C(F)(F)F)nn23)ccn1.